The molecule has 8 nitrogen and oxygen atoms in total. The lowest BCUT2D eigenvalue weighted by molar-refractivity contribution is -0.123. The lowest BCUT2D eigenvalue weighted by Gasteiger charge is -2.45. The molecule has 2 fully saturated rings. The van der Waals surface area contributed by atoms with Gasteiger partial charge in [0.2, 0.25) is 21.8 Å². The Bertz CT molecular complexity index is 1230. The number of halogens is 1. The molecule has 0 spiro atoms. The van der Waals surface area contributed by atoms with Crippen molar-refractivity contribution in [2.45, 2.75) is 49.5 Å². The molecular formula is C25H29ClN4O4S. The van der Waals surface area contributed by atoms with Crippen LogP contribution in [-0.2, 0) is 19.6 Å². The number of piperidine rings is 2. The number of benzene rings is 2. The van der Waals surface area contributed by atoms with Crippen LogP contribution in [0.25, 0.3) is 0 Å². The second kappa shape index (κ2) is 9.79. The van der Waals surface area contributed by atoms with Crippen LogP contribution in [0.5, 0.6) is 0 Å². The Hall–Kier alpha value is -2.62. The summed E-state index contributed by atoms with van der Waals surface area (Å²) >= 11 is 5.93. The summed E-state index contributed by atoms with van der Waals surface area (Å²) in [6.45, 7) is 1.53. The van der Waals surface area contributed by atoms with Crippen molar-refractivity contribution in [1.29, 1.82) is 0 Å². The van der Waals surface area contributed by atoms with Crippen LogP contribution in [-0.4, -0.2) is 56.8 Å². The van der Waals surface area contributed by atoms with Crippen LogP contribution < -0.4 is 15.1 Å². The highest BCUT2D eigenvalue weighted by Crippen LogP contribution is 2.41. The van der Waals surface area contributed by atoms with E-state index in [9.17, 15) is 18.0 Å². The maximum absolute atomic E-state index is 13.5. The Morgan fingerprint density at radius 3 is 2.40 bits per heavy atom. The second-order valence-electron chi connectivity index (χ2n) is 9.30. The molecule has 2 aromatic rings. The summed E-state index contributed by atoms with van der Waals surface area (Å²) in [5.41, 5.74) is 1.84. The van der Waals surface area contributed by atoms with Gasteiger partial charge in [-0.05, 0) is 74.6 Å². The summed E-state index contributed by atoms with van der Waals surface area (Å²) in [6, 6.07) is 11.4. The highest BCUT2D eigenvalue weighted by molar-refractivity contribution is 7.89. The standard InChI is InChI=1S/C25H29ClN4O4S/c26-18-7-9-19(10-8-18)27-24(31)17-30-23-16-20(35(33,34)28-13-3-1-4-14-28)11-12-21(23)29-15-5-2-6-22(29)25(30)32/h7-12,16,22H,1-6,13-15,17H2,(H,27,31)/t22-/m1/s1. The monoisotopic (exact) mass is 516 g/mol. The van der Waals surface area contributed by atoms with Crippen LogP contribution >= 0.6 is 11.6 Å². The van der Waals surface area contributed by atoms with Crippen molar-refractivity contribution in [1.82, 2.24) is 4.31 Å². The van der Waals surface area contributed by atoms with Crippen LogP contribution in [0.4, 0.5) is 17.1 Å². The van der Waals surface area contributed by atoms with Gasteiger partial charge in [-0.2, -0.15) is 4.31 Å². The van der Waals surface area contributed by atoms with E-state index < -0.39 is 10.0 Å². The first kappa shape index (κ1) is 24.1. The van der Waals surface area contributed by atoms with Crippen molar-refractivity contribution in [3.8, 4) is 0 Å². The molecule has 3 aliphatic rings. The van der Waals surface area contributed by atoms with Crippen molar-refractivity contribution in [3.63, 3.8) is 0 Å². The average molecular weight is 517 g/mol. The van der Waals surface area contributed by atoms with E-state index in [2.05, 4.69) is 10.2 Å². The molecule has 5 rings (SSSR count). The first-order valence-corrected chi connectivity index (χ1v) is 13.9. The molecule has 0 bridgehead atoms. The van der Waals surface area contributed by atoms with Gasteiger partial charge in [0.15, 0.2) is 0 Å². The van der Waals surface area contributed by atoms with Gasteiger partial charge in [-0.1, -0.05) is 18.0 Å². The quantitative estimate of drug-likeness (QED) is 0.651. The Morgan fingerprint density at radius 1 is 0.943 bits per heavy atom. The molecular weight excluding hydrogens is 488 g/mol. The van der Waals surface area contributed by atoms with E-state index in [1.54, 1.807) is 42.5 Å². The van der Waals surface area contributed by atoms with Crippen LogP contribution in [0, 0.1) is 0 Å². The van der Waals surface area contributed by atoms with Gasteiger partial charge in [0.05, 0.1) is 16.3 Å². The highest BCUT2D eigenvalue weighted by atomic mass is 35.5. The van der Waals surface area contributed by atoms with Gasteiger partial charge >= 0.3 is 0 Å². The second-order valence-corrected chi connectivity index (χ2v) is 11.7. The third-order valence-electron chi connectivity index (χ3n) is 6.98. The molecule has 2 aromatic carbocycles. The third kappa shape index (κ3) is 4.77. The van der Waals surface area contributed by atoms with Crippen LogP contribution in [0.1, 0.15) is 38.5 Å². The van der Waals surface area contributed by atoms with Crippen LogP contribution in [0.15, 0.2) is 47.4 Å². The zero-order valence-electron chi connectivity index (χ0n) is 19.5. The molecule has 1 N–H and O–H groups in total. The maximum atomic E-state index is 13.5. The highest BCUT2D eigenvalue weighted by Gasteiger charge is 2.41. The largest absolute Gasteiger partial charge is 0.358 e. The fourth-order valence-corrected chi connectivity index (χ4v) is 6.86. The minimum atomic E-state index is -3.68. The molecule has 10 heteroatoms. The summed E-state index contributed by atoms with van der Waals surface area (Å²) in [4.78, 5) is 30.1. The average Bonchev–Trinajstić information content (AvgIpc) is 2.88. The van der Waals surface area contributed by atoms with Crippen molar-refractivity contribution >= 4 is 50.5 Å². The topological polar surface area (TPSA) is 90.0 Å². The number of fused-ring (bicyclic) bond motifs is 3. The number of hydrogen-bond acceptors (Lipinski definition) is 5. The Morgan fingerprint density at radius 2 is 1.66 bits per heavy atom. The van der Waals surface area contributed by atoms with Gasteiger partial charge in [0, 0.05) is 30.3 Å². The summed E-state index contributed by atoms with van der Waals surface area (Å²) in [7, 11) is -3.68. The number of carbonyl (C=O) groups is 2. The van der Waals surface area contributed by atoms with Gasteiger partial charge in [-0.15, -0.1) is 0 Å². The Labute approximate surface area is 210 Å². The molecule has 35 heavy (non-hydrogen) atoms. The summed E-state index contributed by atoms with van der Waals surface area (Å²) in [5, 5.41) is 3.36. The SMILES string of the molecule is O=C(CN1C(=O)[C@H]2CCCCN2c2ccc(S(=O)(=O)N3CCCCC3)cc21)Nc1ccc(Cl)cc1. The summed E-state index contributed by atoms with van der Waals surface area (Å²) < 4.78 is 28.2. The van der Waals surface area contributed by atoms with E-state index >= 15 is 0 Å². The molecule has 1 atom stereocenters. The molecule has 0 radical (unpaired) electrons. The Balaban J connectivity index is 1.48. The minimum Gasteiger partial charge on any atom is -0.358 e. The van der Waals surface area contributed by atoms with Gasteiger partial charge < -0.3 is 10.2 Å². The van der Waals surface area contributed by atoms with Crippen LogP contribution in [0.2, 0.25) is 5.02 Å². The van der Waals surface area contributed by atoms with Gasteiger partial charge in [-0.25, -0.2) is 8.42 Å². The van der Waals surface area contributed by atoms with E-state index in [1.807, 2.05) is 0 Å². The van der Waals surface area contributed by atoms with Crippen molar-refractivity contribution in [3.05, 3.63) is 47.5 Å². The lowest BCUT2D eigenvalue weighted by atomic mass is 9.96. The van der Waals surface area contributed by atoms with E-state index in [4.69, 9.17) is 11.6 Å². The summed E-state index contributed by atoms with van der Waals surface area (Å²) in [6.07, 6.45) is 5.33. The predicted molar refractivity (Wildman–Crippen MR) is 136 cm³/mol. The first-order chi connectivity index (χ1) is 16.8. The number of anilines is 3. The maximum Gasteiger partial charge on any atom is 0.250 e. The smallest absolute Gasteiger partial charge is 0.250 e. The van der Waals surface area contributed by atoms with E-state index in [-0.39, 0.29) is 29.3 Å². The van der Waals surface area contributed by atoms with E-state index in [1.165, 1.54) is 9.21 Å². The zero-order valence-corrected chi connectivity index (χ0v) is 21.0. The number of carbonyl (C=O) groups excluding carboxylic acids is 2. The van der Waals surface area contributed by atoms with E-state index in [0.29, 0.717) is 35.9 Å². The number of nitrogens with zero attached hydrogens (tertiary/aromatic N) is 3. The van der Waals surface area contributed by atoms with Crippen molar-refractivity contribution in [2.75, 3.05) is 41.3 Å². The van der Waals surface area contributed by atoms with Gasteiger partial charge in [-0.3, -0.25) is 14.5 Å². The minimum absolute atomic E-state index is 0.157. The fourth-order valence-electron chi connectivity index (χ4n) is 5.19. The third-order valence-corrected chi connectivity index (χ3v) is 9.13. The van der Waals surface area contributed by atoms with Crippen molar-refractivity contribution < 1.29 is 18.0 Å². The molecule has 0 aromatic heterocycles. The van der Waals surface area contributed by atoms with Crippen LogP contribution in [0.3, 0.4) is 0 Å². The number of sulfonamides is 1. The molecule has 0 aliphatic carbocycles. The van der Waals surface area contributed by atoms with E-state index in [0.717, 1.165) is 44.3 Å². The Kier molecular flexibility index (Phi) is 6.74. The summed E-state index contributed by atoms with van der Waals surface area (Å²) in [5.74, 6) is -0.531. The van der Waals surface area contributed by atoms with Crippen molar-refractivity contribution in [2.24, 2.45) is 0 Å². The molecule has 2 saturated heterocycles. The fraction of sp³-hybridized carbons (Fsp3) is 0.440. The molecule has 186 valence electrons. The van der Waals surface area contributed by atoms with Gasteiger partial charge in [0.25, 0.3) is 0 Å². The molecule has 0 saturated carbocycles. The first-order valence-electron chi connectivity index (χ1n) is 12.1. The number of amides is 2. The number of rotatable bonds is 5. The van der Waals surface area contributed by atoms with Gasteiger partial charge in [0.1, 0.15) is 12.6 Å². The number of nitrogens with one attached hydrogen (secondary N) is 1. The zero-order chi connectivity index (χ0) is 24.6. The predicted octanol–water partition coefficient (Wildman–Crippen LogP) is 3.86. The normalized spacial score (nSPS) is 20.8. The molecule has 3 heterocycles. The lowest BCUT2D eigenvalue weighted by Crippen LogP contribution is -2.56. The molecule has 3 aliphatic heterocycles. The molecule has 0 unspecified atom stereocenters. The molecule has 2 amide bonds. The number of hydrogen-bond donors (Lipinski definition) is 1.